The van der Waals surface area contributed by atoms with Crippen LogP contribution in [0.1, 0.15) is 13.3 Å². The zero-order chi connectivity index (χ0) is 12.1. The van der Waals surface area contributed by atoms with Crippen molar-refractivity contribution in [2.45, 2.75) is 13.3 Å². The van der Waals surface area contributed by atoms with Crippen LogP contribution < -0.4 is 10.1 Å². The summed E-state index contributed by atoms with van der Waals surface area (Å²) in [6.07, 6.45) is 2.64. The van der Waals surface area contributed by atoms with E-state index in [1.807, 2.05) is 24.4 Å². The van der Waals surface area contributed by atoms with E-state index in [0.29, 0.717) is 18.4 Å². The molecule has 0 aliphatic rings. The van der Waals surface area contributed by atoms with Crippen molar-refractivity contribution in [1.82, 2.24) is 9.97 Å². The lowest BCUT2D eigenvalue weighted by atomic mass is 10.4. The molecule has 4 nitrogen and oxygen atoms in total. The number of aromatic nitrogens is 2. The molecule has 17 heavy (non-hydrogen) atoms. The minimum absolute atomic E-state index is 0.594. The van der Waals surface area contributed by atoms with Crippen molar-refractivity contribution in [2.24, 2.45) is 0 Å². The largest absolute Gasteiger partial charge is 0.477 e. The molecule has 2 aromatic heterocycles. The molecule has 0 aliphatic carbocycles. The molecule has 0 saturated carbocycles. The van der Waals surface area contributed by atoms with Crippen molar-refractivity contribution in [3.05, 3.63) is 24.1 Å². The SMILES string of the molecule is C=CCCOc1nc(NCC)nc2sccc12. The highest BCUT2D eigenvalue weighted by molar-refractivity contribution is 7.16. The zero-order valence-electron chi connectivity index (χ0n) is 9.77. The van der Waals surface area contributed by atoms with Crippen LogP contribution in [0.4, 0.5) is 5.95 Å². The van der Waals surface area contributed by atoms with Crippen molar-refractivity contribution in [1.29, 1.82) is 0 Å². The summed E-state index contributed by atoms with van der Waals surface area (Å²) in [4.78, 5) is 9.72. The summed E-state index contributed by atoms with van der Waals surface area (Å²) in [6.45, 7) is 7.07. The summed E-state index contributed by atoms with van der Waals surface area (Å²) in [7, 11) is 0. The fraction of sp³-hybridized carbons (Fsp3) is 0.333. The van der Waals surface area contributed by atoms with E-state index in [-0.39, 0.29) is 0 Å². The van der Waals surface area contributed by atoms with Gasteiger partial charge >= 0.3 is 0 Å². The average molecular weight is 249 g/mol. The molecular weight excluding hydrogens is 234 g/mol. The molecule has 0 bridgehead atoms. The summed E-state index contributed by atoms with van der Waals surface area (Å²) >= 11 is 1.59. The second kappa shape index (κ2) is 5.63. The van der Waals surface area contributed by atoms with Gasteiger partial charge in [0.2, 0.25) is 11.8 Å². The highest BCUT2D eigenvalue weighted by atomic mass is 32.1. The molecule has 0 aromatic carbocycles. The standard InChI is InChI=1S/C12H15N3OS/c1-3-5-7-16-10-9-6-8-17-11(9)15-12(14-10)13-4-2/h3,6,8H,1,4-5,7H2,2H3,(H,13,14,15). The first-order valence-electron chi connectivity index (χ1n) is 5.58. The number of anilines is 1. The van der Waals surface area contributed by atoms with E-state index in [2.05, 4.69) is 21.9 Å². The monoisotopic (exact) mass is 249 g/mol. The Morgan fingerprint density at radius 3 is 3.18 bits per heavy atom. The normalized spacial score (nSPS) is 10.4. The van der Waals surface area contributed by atoms with Crippen LogP contribution >= 0.6 is 11.3 Å². The third-order valence-corrected chi connectivity index (χ3v) is 2.99. The first-order chi connectivity index (χ1) is 8.35. The third kappa shape index (κ3) is 2.74. The van der Waals surface area contributed by atoms with Gasteiger partial charge in [0, 0.05) is 6.54 Å². The van der Waals surface area contributed by atoms with E-state index in [1.54, 1.807) is 11.3 Å². The summed E-state index contributed by atoms with van der Waals surface area (Å²) in [6, 6.07) is 1.99. The molecule has 2 heterocycles. The number of fused-ring (bicyclic) bond motifs is 1. The zero-order valence-corrected chi connectivity index (χ0v) is 10.6. The molecule has 0 saturated heterocycles. The molecule has 90 valence electrons. The first-order valence-corrected chi connectivity index (χ1v) is 6.46. The van der Waals surface area contributed by atoms with Gasteiger partial charge in [-0.2, -0.15) is 4.98 Å². The van der Waals surface area contributed by atoms with E-state index in [0.717, 1.165) is 23.2 Å². The van der Waals surface area contributed by atoms with Crippen LogP contribution in [0.3, 0.4) is 0 Å². The van der Waals surface area contributed by atoms with Crippen LogP contribution in [0.15, 0.2) is 24.1 Å². The van der Waals surface area contributed by atoms with Gasteiger partial charge in [0.25, 0.3) is 0 Å². The number of thiophene rings is 1. The summed E-state index contributed by atoms with van der Waals surface area (Å²) in [5.74, 6) is 1.27. The first kappa shape index (κ1) is 11.9. The maximum absolute atomic E-state index is 5.65. The van der Waals surface area contributed by atoms with Gasteiger partial charge in [-0.15, -0.1) is 17.9 Å². The Kier molecular flexibility index (Phi) is 3.93. The van der Waals surface area contributed by atoms with Crippen LogP contribution in [0.2, 0.25) is 0 Å². The fourth-order valence-corrected chi connectivity index (χ4v) is 2.17. The topological polar surface area (TPSA) is 47.0 Å². The molecule has 0 aliphatic heterocycles. The third-order valence-electron chi connectivity index (χ3n) is 2.19. The number of rotatable bonds is 6. The lowest BCUT2D eigenvalue weighted by Crippen LogP contribution is -2.05. The number of ether oxygens (including phenoxy) is 1. The summed E-state index contributed by atoms with van der Waals surface area (Å²) < 4.78 is 5.65. The Morgan fingerprint density at radius 1 is 1.53 bits per heavy atom. The predicted octanol–water partition coefficient (Wildman–Crippen LogP) is 3.08. The van der Waals surface area contributed by atoms with E-state index in [9.17, 15) is 0 Å². The quantitative estimate of drug-likeness (QED) is 0.631. The molecule has 0 fully saturated rings. The second-order valence-electron chi connectivity index (χ2n) is 3.45. The summed E-state index contributed by atoms with van der Waals surface area (Å²) in [5.41, 5.74) is 0. The second-order valence-corrected chi connectivity index (χ2v) is 4.34. The number of hydrogen-bond donors (Lipinski definition) is 1. The van der Waals surface area contributed by atoms with Crippen LogP contribution in [0.25, 0.3) is 10.2 Å². The van der Waals surface area contributed by atoms with E-state index >= 15 is 0 Å². The van der Waals surface area contributed by atoms with Crippen LogP contribution in [-0.2, 0) is 0 Å². The van der Waals surface area contributed by atoms with Gasteiger partial charge in [-0.1, -0.05) is 6.08 Å². The van der Waals surface area contributed by atoms with Crippen molar-refractivity contribution in [3.8, 4) is 5.88 Å². The Morgan fingerprint density at radius 2 is 2.41 bits per heavy atom. The van der Waals surface area contributed by atoms with Crippen molar-refractivity contribution >= 4 is 27.5 Å². The lowest BCUT2D eigenvalue weighted by molar-refractivity contribution is 0.317. The molecule has 0 amide bonds. The Bertz CT molecular complexity index is 509. The van der Waals surface area contributed by atoms with E-state index in [1.165, 1.54) is 0 Å². The predicted molar refractivity (Wildman–Crippen MR) is 71.9 cm³/mol. The molecule has 1 N–H and O–H groups in total. The smallest absolute Gasteiger partial charge is 0.227 e. The van der Waals surface area contributed by atoms with Crippen molar-refractivity contribution in [3.63, 3.8) is 0 Å². The highest BCUT2D eigenvalue weighted by Crippen LogP contribution is 2.28. The van der Waals surface area contributed by atoms with Gasteiger partial charge in [-0.3, -0.25) is 0 Å². The molecule has 0 unspecified atom stereocenters. The molecular formula is C12H15N3OS. The fourth-order valence-electron chi connectivity index (χ4n) is 1.41. The van der Waals surface area contributed by atoms with Crippen LogP contribution in [-0.4, -0.2) is 23.1 Å². The number of nitrogens with zero attached hydrogens (tertiary/aromatic N) is 2. The number of hydrogen-bond acceptors (Lipinski definition) is 5. The molecule has 0 spiro atoms. The minimum Gasteiger partial charge on any atom is -0.477 e. The van der Waals surface area contributed by atoms with E-state index in [4.69, 9.17) is 4.74 Å². The molecule has 0 atom stereocenters. The Labute approximate surface area is 104 Å². The molecule has 2 aromatic rings. The van der Waals surface area contributed by atoms with E-state index < -0.39 is 0 Å². The van der Waals surface area contributed by atoms with Gasteiger partial charge < -0.3 is 10.1 Å². The molecule has 5 heteroatoms. The molecule has 0 radical (unpaired) electrons. The average Bonchev–Trinajstić information content (AvgIpc) is 2.78. The minimum atomic E-state index is 0.594. The maximum Gasteiger partial charge on any atom is 0.227 e. The maximum atomic E-state index is 5.65. The van der Waals surface area contributed by atoms with Crippen molar-refractivity contribution < 1.29 is 4.74 Å². The van der Waals surface area contributed by atoms with Gasteiger partial charge in [-0.05, 0) is 24.8 Å². The lowest BCUT2D eigenvalue weighted by Gasteiger charge is -2.07. The summed E-state index contributed by atoms with van der Waals surface area (Å²) in [5, 5.41) is 6.07. The highest BCUT2D eigenvalue weighted by Gasteiger charge is 2.09. The van der Waals surface area contributed by atoms with Gasteiger partial charge in [-0.25, -0.2) is 4.98 Å². The van der Waals surface area contributed by atoms with Crippen LogP contribution in [0, 0.1) is 0 Å². The number of nitrogens with one attached hydrogen (secondary N) is 1. The van der Waals surface area contributed by atoms with Gasteiger partial charge in [0.05, 0.1) is 12.0 Å². The molecule has 2 rings (SSSR count). The Hall–Kier alpha value is -1.62. The Balaban J connectivity index is 2.29. The van der Waals surface area contributed by atoms with Crippen molar-refractivity contribution in [2.75, 3.05) is 18.5 Å². The van der Waals surface area contributed by atoms with Crippen LogP contribution in [0.5, 0.6) is 5.88 Å². The van der Waals surface area contributed by atoms with Gasteiger partial charge in [0.1, 0.15) is 4.83 Å². The van der Waals surface area contributed by atoms with Gasteiger partial charge in [0.15, 0.2) is 0 Å².